The minimum absolute atomic E-state index is 0.00685. The lowest BCUT2D eigenvalue weighted by molar-refractivity contribution is 0.137. The number of nitrogens with zero attached hydrogens (tertiary/aromatic N) is 2. The number of carbonyl (C=O) groups is 1. The van der Waals surface area contributed by atoms with Gasteiger partial charge in [0.2, 0.25) is 0 Å². The molecule has 0 radical (unpaired) electrons. The standard InChI is InChI=1S/C18H27N3O2/c1-13(2)23-17-7-5-4-6-15(17)19-18(22)21-11-9-14-8-10-20(3)12-16(14)21/h4-7,13-14,16H,8-12H2,1-3H3,(H,19,22)/t14-,16-/m1/s1. The number of hydrogen-bond donors (Lipinski definition) is 1. The second kappa shape index (κ2) is 6.79. The van der Waals surface area contributed by atoms with Crippen molar-refractivity contribution in [3.63, 3.8) is 0 Å². The molecule has 3 rings (SSSR count). The summed E-state index contributed by atoms with van der Waals surface area (Å²) >= 11 is 0. The summed E-state index contributed by atoms with van der Waals surface area (Å²) in [6.45, 7) is 6.94. The molecular weight excluding hydrogens is 290 g/mol. The van der Waals surface area contributed by atoms with Crippen molar-refractivity contribution < 1.29 is 9.53 Å². The Morgan fingerprint density at radius 1 is 1.26 bits per heavy atom. The number of likely N-dealkylation sites (tertiary alicyclic amines) is 2. The largest absolute Gasteiger partial charge is 0.489 e. The van der Waals surface area contributed by atoms with Crippen LogP contribution in [0, 0.1) is 5.92 Å². The van der Waals surface area contributed by atoms with Gasteiger partial charge in [0, 0.05) is 19.1 Å². The summed E-state index contributed by atoms with van der Waals surface area (Å²) in [5.41, 5.74) is 0.749. The number of para-hydroxylation sites is 2. The van der Waals surface area contributed by atoms with Gasteiger partial charge in [0.25, 0.3) is 0 Å². The van der Waals surface area contributed by atoms with Gasteiger partial charge in [0.15, 0.2) is 0 Å². The van der Waals surface area contributed by atoms with Crippen molar-refractivity contribution in [2.75, 3.05) is 32.0 Å². The number of anilines is 1. The topological polar surface area (TPSA) is 44.8 Å². The molecule has 2 aliphatic heterocycles. The van der Waals surface area contributed by atoms with E-state index in [2.05, 4.69) is 17.3 Å². The maximum Gasteiger partial charge on any atom is 0.322 e. The highest BCUT2D eigenvalue weighted by Gasteiger charge is 2.39. The average Bonchev–Trinajstić information content (AvgIpc) is 2.91. The van der Waals surface area contributed by atoms with Crippen molar-refractivity contribution in [3.05, 3.63) is 24.3 Å². The molecule has 126 valence electrons. The summed E-state index contributed by atoms with van der Waals surface area (Å²) in [6, 6.07) is 7.98. The first kappa shape index (κ1) is 16.1. The minimum Gasteiger partial charge on any atom is -0.489 e. The molecule has 2 heterocycles. The second-order valence-electron chi connectivity index (χ2n) is 6.95. The quantitative estimate of drug-likeness (QED) is 0.932. The summed E-state index contributed by atoms with van der Waals surface area (Å²) < 4.78 is 5.79. The molecule has 0 saturated carbocycles. The zero-order chi connectivity index (χ0) is 16.4. The van der Waals surface area contributed by atoms with Gasteiger partial charge in [0.05, 0.1) is 11.8 Å². The summed E-state index contributed by atoms with van der Waals surface area (Å²) in [5, 5.41) is 3.05. The van der Waals surface area contributed by atoms with E-state index >= 15 is 0 Å². The predicted octanol–water partition coefficient (Wildman–Crippen LogP) is 3.03. The number of nitrogens with one attached hydrogen (secondary N) is 1. The van der Waals surface area contributed by atoms with E-state index in [0.717, 1.165) is 37.5 Å². The minimum atomic E-state index is -0.00685. The van der Waals surface area contributed by atoms with Gasteiger partial charge in [-0.1, -0.05) is 12.1 Å². The van der Waals surface area contributed by atoms with E-state index in [4.69, 9.17) is 4.74 Å². The van der Waals surface area contributed by atoms with E-state index < -0.39 is 0 Å². The molecule has 5 nitrogen and oxygen atoms in total. The average molecular weight is 317 g/mol. The number of urea groups is 1. The van der Waals surface area contributed by atoms with Crippen LogP contribution < -0.4 is 10.1 Å². The first-order chi connectivity index (χ1) is 11.0. The van der Waals surface area contributed by atoms with E-state index in [9.17, 15) is 4.79 Å². The lowest BCUT2D eigenvalue weighted by atomic mass is 9.92. The third-order valence-electron chi connectivity index (χ3n) is 4.82. The van der Waals surface area contributed by atoms with Crippen LogP contribution in [0.3, 0.4) is 0 Å². The monoisotopic (exact) mass is 317 g/mol. The van der Waals surface area contributed by atoms with Crippen molar-refractivity contribution >= 4 is 11.7 Å². The van der Waals surface area contributed by atoms with E-state index in [1.165, 1.54) is 6.42 Å². The number of fused-ring (bicyclic) bond motifs is 1. The number of hydrogen-bond acceptors (Lipinski definition) is 3. The van der Waals surface area contributed by atoms with Crippen LogP contribution in [-0.2, 0) is 0 Å². The number of carbonyl (C=O) groups excluding carboxylic acids is 1. The zero-order valence-electron chi connectivity index (χ0n) is 14.3. The van der Waals surface area contributed by atoms with Gasteiger partial charge in [-0.2, -0.15) is 0 Å². The van der Waals surface area contributed by atoms with Crippen molar-refractivity contribution in [1.29, 1.82) is 0 Å². The highest BCUT2D eigenvalue weighted by atomic mass is 16.5. The Kier molecular flexibility index (Phi) is 4.76. The molecule has 2 saturated heterocycles. The van der Waals surface area contributed by atoms with Crippen LogP contribution in [0.1, 0.15) is 26.7 Å². The number of benzene rings is 1. The van der Waals surface area contributed by atoms with Crippen LogP contribution in [-0.4, -0.2) is 54.7 Å². The number of rotatable bonds is 3. The molecule has 2 amide bonds. The van der Waals surface area contributed by atoms with E-state index in [-0.39, 0.29) is 12.1 Å². The van der Waals surface area contributed by atoms with Crippen molar-refractivity contribution in [2.45, 2.75) is 38.8 Å². The van der Waals surface area contributed by atoms with E-state index in [1.807, 2.05) is 43.0 Å². The maximum atomic E-state index is 12.8. The normalized spacial score (nSPS) is 24.6. The molecular formula is C18H27N3O2. The van der Waals surface area contributed by atoms with Gasteiger partial charge in [-0.05, 0) is 58.3 Å². The number of amides is 2. The highest BCUT2D eigenvalue weighted by molar-refractivity contribution is 5.91. The van der Waals surface area contributed by atoms with Gasteiger partial charge >= 0.3 is 6.03 Å². The Labute approximate surface area is 138 Å². The van der Waals surface area contributed by atoms with Crippen molar-refractivity contribution in [2.24, 2.45) is 5.92 Å². The Morgan fingerprint density at radius 3 is 2.78 bits per heavy atom. The van der Waals surface area contributed by atoms with Gasteiger partial charge in [-0.25, -0.2) is 4.79 Å². The molecule has 0 spiro atoms. The van der Waals surface area contributed by atoms with Crippen LogP contribution in [0.5, 0.6) is 5.75 Å². The SMILES string of the molecule is CC(C)Oc1ccccc1NC(=O)N1CC[C@H]2CCN(C)C[C@H]21. The van der Waals surface area contributed by atoms with Crippen LogP contribution >= 0.6 is 0 Å². The van der Waals surface area contributed by atoms with Gasteiger partial charge in [-0.3, -0.25) is 0 Å². The molecule has 1 aromatic rings. The van der Waals surface area contributed by atoms with Crippen LogP contribution in [0.2, 0.25) is 0 Å². The summed E-state index contributed by atoms with van der Waals surface area (Å²) in [6.07, 6.45) is 2.39. The molecule has 0 unspecified atom stereocenters. The van der Waals surface area contributed by atoms with Gasteiger partial charge in [-0.15, -0.1) is 0 Å². The summed E-state index contributed by atoms with van der Waals surface area (Å²) in [7, 11) is 2.14. The van der Waals surface area contributed by atoms with Crippen LogP contribution in [0.15, 0.2) is 24.3 Å². The Hall–Kier alpha value is -1.75. The third-order valence-corrected chi connectivity index (χ3v) is 4.82. The van der Waals surface area contributed by atoms with E-state index in [0.29, 0.717) is 12.0 Å². The fourth-order valence-electron chi connectivity index (χ4n) is 3.66. The summed E-state index contributed by atoms with van der Waals surface area (Å²) in [4.78, 5) is 17.1. The van der Waals surface area contributed by atoms with Crippen LogP contribution in [0.4, 0.5) is 10.5 Å². The number of ether oxygens (including phenoxy) is 1. The molecule has 0 aliphatic carbocycles. The molecule has 0 bridgehead atoms. The molecule has 23 heavy (non-hydrogen) atoms. The van der Waals surface area contributed by atoms with Gasteiger partial charge in [0.1, 0.15) is 5.75 Å². The molecule has 1 aromatic carbocycles. The Bertz CT molecular complexity index is 561. The second-order valence-corrected chi connectivity index (χ2v) is 6.95. The van der Waals surface area contributed by atoms with Crippen LogP contribution in [0.25, 0.3) is 0 Å². The fraction of sp³-hybridized carbons (Fsp3) is 0.611. The van der Waals surface area contributed by atoms with Crippen molar-refractivity contribution in [3.8, 4) is 5.75 Å². The summed E-state index contributed by atoms with van der Waals surface area (Å²) in [5.74, 6) is 1.38. The highest BCUT2D eigenvalue weighted by Crippen LogP contribution is 2.32. The Balaban J connectivity index is 1.70. The smallest absolute Gasteiger partial charge is 0.322 e. The molecule has 2 aliphatic rings. The molecule has 2 atom stereocenters. The first-order valence-electron chi connectivity index (χ1n) is 8.56. The van der Waals surface area contributed by atoms with Gasteiger partial charge < -0.3 is 19.9 Å². The molecule has 0 aromatic heterocycles. The molecule has 1 N–H and O–H groups in total. The number of likely N-dealkylation sites (N-methyl/N-ethyl adjacent to an activating group) is 1. The van der Waals surface area contributed by atoms with E-state index in [1.54, 1.807) is 0 Å². The Morgan fingerprint density at radius 2 is 2.00 bits per heavy atom. The van der Waals surface area contributed by atoms with Crippen molar-refractivity contribution in [1.82, 2.24) is 9.80 Å². The fourth-order valence-corrected chi connectivity index (χ4v) is 3.66. The predicted molar refractivity (Wildman–Crippen MR) is 91.9 cm³/mol. The number of piperidine rings is 1. The third kappa shape index (κ3) is 3.61. The lowest BCUT2D eigenvalue weighted by Crippen LogP contribution is -2.49. The maximum absolute atomic E-state index is 12.8. The molecule has 2 fully saturated rings. The lowest BCUT2D eigenvalue weighted by Gasteiger charge is -2.36. The first-order valence-corrected chi connectivity index (χ1v) is 8.56. The zero-order valence-corrected chi connectivity index (χ0v) is 14.3. The molecule has 5 heteroatoms.